The molecule has 140 valence electrons. The number of nitrogens with zero attached hydrogens (tertiary/aromatic N) is 3. The molecule has 0 spiro atoms. The van der Waals surface area contributed by atoms with Crippen molar-refractivity contribution in [2.45, 2.75) is 20.0 Å². The summed E-state index contributed by atoms with van der Waals surface area (Å²) in [5.41, 5.74) is 2.65. The van der Waals surface area contributed by atoms with Crippen LogP contribution < -0.4 is 15.4 Å². The molecule has 4 aromatic rings. The van der Waals surface area contributed by atoms with E-state index in [1.54, 1.807) is 6.20 Å². The second kappa shape index (κ2) is 7.92. The number of ether oxygens (including phenoxy) is 1. The van der Waals surface area contributed by atoms with Crippen molar-refractivity contribution in [1.82, 2.24) is 15.0 Å². The molecule has 0 bridgehead atoms. The Labute approximate surface area is 163 Å². The predicted molar refractivity (Wildman–Crippen MR) is 113 cm³/mol. The van der Waals surface area contributed by atoms with Crippen LogP contribution in [0.5, 0.6) is 5.75 Å². The average Bonchev–Trinajstić information content (AvgIpc) is 2.70. The Kier molecular flexibility index (Phi) is 5.01. The van der Waals surface area contributed by atoms with Crippen LogP contribution in [-0.2, 0) is 0 Å². The fourth-order valence-corrected chi connectivity index (χ4v) is 2.90. The van der Waals surface area contributed by atoms with Crippen LogP contribution in [0.2, 0.25) is 0 Å². The third-order valence-corrected chi connectivity index (χ3v) is 4.08. The summed E-state index contributed by atoms with van der Waals surface area (Å²) in [6.45, 7) is 4.00. The van der Waals surface area contributed by atoms with Gasteiger partial charge in [-0.2, -0.15) is 0 Å². The third kappa shape index (κ3) is 4.01. The van der Waals surface area contributed by atoms with E-state index < -0.39 is 0 Å². The number of hydrogen-bond donors (Lipinski definition) is 2. The van der Waals surface area contributed by atoms with Gasteiger partial charge in [-0.25, -0.2) is 9.97 Å². The highest BCUT2D eigenvalue weighted by Gasteiger charge is 2.08. The van der Waals surface area contributed by atoms with E-state index in [0.717, 1.165) is 28.0 Å². The molecule has 0 radical (unpaired) electrons. The molecule has 0 amide bonds. The van der Waals surface area contributed by atoms with Gasteiger partial charge in [0.2, 0.25) is 0 Å². The van der Waals surface area contributed by atoms with E-state index in [-0.39, 0.29) is 6.10 Å². The number of rotatable bonds is 6. The first-order chi connectivity index (χ1) is 13.7. The fraction of sp³-hybridized carbons (Fsp3) is 0.136. The molecule has 4 rings (SSSR count). The molecule has 6 heteroatoms. The zero-order valence-corrected chi connectivity index (χ0v) is 15.8. The van der Waals surface area contributed by atoms with Gasteiger partial charge in [0.05, 0.1) is 23.0 Å². The maximum Gasteiger partial charge on any atom is 0.143 e. The summed E-state index contributed by atoms with van der Waals surface area (Å²) < 4.78 is 5.86. The molecule has 0 aliphatic heterocycles. The van der Waals surface area contributed by atoms with Crippen molar-refractivity contribution >= 4 is 33.9 Å². The maximum absolute atomic E-state index is 5.86. The predicted octanol–water partition coefficient (Wildman–Crippen LogP) is 5.30. The molecular weight excluding hydrogens is 350 g/mol. The Morgan fingerprint density at radius 3 is 2.32 bits per heavy atom. The van der Waals surface area contributed by atoms with Crippen molar-refractivity contribution < 1.29 is 4.74 Å². The molecule has 2 heterocycles. The molecule has 0 saturated heterocycles. The molecule has 0 atom stereocenters. The molecule has 2 aromatic heterocycles. The van der Waals surface area contributed by atoms with E-state index in [9.17, 15) is 0 Å². The first-order valence-electron chi connectivity index (χ1n) is 9.14. The molecule has 0 unspecified atom stereocenters. The van der Waals surface area contributed by atoms with Gasteiger partial charge < -0.3 is 15.4 Å². The first kappa shape index (κ1) is 17.7. The number of aromatic nitrogens is 3. The van der Waals surface area contributed by atoms with Gasteiger partial charge in [-0.05, 0) is 38.1 Å². The largest absolute Gasteiger partial charge is 0.489 e. The lowest BCUT2D eigenvalue weighted by molar-refractivity contribution is 0.244. The van der Waals surface area contributed by atoms with Crippen LogP contribution in [0.3, 0.4) is 0 Å². The summed E-state index contributed by atoms with van der Waals surface area (Å²) in [4.78, 5) is 13.1. The summed E-state index contributed by atoms with van der Waals surface area (Å²) in [6.07, 6.45) is 3.39. The van der Waals surface area contributed by atoms with Crippen LogP contribution in [0, 0.1) is 0 Å². The van der Waals surface area contributed by atoms with Gasteiger partial charge >= 0.3 is 0 Å². The second-order valence-electron chi connectivity index (χ2n) is 6.58. The van der Waals surface area contributed by atoms with Crippen LogP contribution in [-0.4, -0.2) is 21.1 Å². The Hall–Kier alpha value is -3.67. The zero-order valence-electron chi connectivity index (χ0n) is 15.8. The van der Waals surface area contributed by atoms with Gasteiger partial charge in [-0.3, -0.25) is 4.98 Å². The molecule has 28 heavy (non-hydrogen) atoms. The van der Waals surface area contributed by atoms with Crippen LogP contribution in [0.15, 0.2) is 73.2 Å². The van der Waals surface area contributed by atoms with Crippen LogP contribution in [0.25, 0.3) is 10.9 Å². The second-order valence-corrected chi connectivity index (χ2v) is 6.58. The standard InChI is InChI=1S/C22H21N5O/c1-15(2)28-19-11-4-3-9-17(19)26-20-13-21(25-14-24-20)27-18-10-5-7-16-8-6-12-23-22(16)18/h3-15H,1-2H3,(H2,24,25,26,27). The Morgan fingerprint density at radius 2 is 1.50 bits per heavy atom. The minimum Gasteiger partial charge on any atom is -0.489 e. The number of pyridine rings is 1. The SMILES string of the molecule is CC(C)Oc1ccccc1Nc1cc(Nc2cccc3cccnc23)ncn1. The highest BCUT2D eigenvalue weighted by atomic mass is 16.5. The first-order valence-corrected chi connectivity index (χ1v) is 9.14. The average molecular weight is 371 g/mol. The fourth-order valence-electron chi connectivity index (χ4n) is 2.90. The van der Waals surface area contributed by atoms with Crippen molar-refractivity contribution in [2.24, 2.45) is 0 Å². The van der Waals surface area contributed by atoms with Gasteiger partial charge in [-0.1, -0.05) is 30.3 Å². The highest BCUT2D eigenvalue weighted by molar-refractivity contribution is 5.91. The lowest BCUT2D eigenvalue weighted by Crippen LogP contribution is -2.07. The molecule has 0 aliphatic carbocycles. The van der Waals surface area contributed by atoms with Crippen LogP contribution in [0.1, 0.15) is 13.8 Å². The number of benzene rings is 2. The van der Waals surface area contributed by atoms with E-state index in [1.165, 1.54) is 6.33 Å². The van der Waals surface area contributed by atoms with Gasteiger partial charge in [0.25, 0.3) is 0 Å². The number of nitrogens with one attached hydrogen (secondary N) is 2. The monoisotopic (exact) mass is 371 g/mol. The Bertz CT molecular complexity index is 1090. The van der Waals surface area contributed by atoms with Gasteiger partial charge in [0, 0.05) is 17.6 Å². The molecular formula is C22H21N5O. The van der Waals surface area contributed by atoms with Crippen molar-refractivity contribution in [3.63, 3.8) is 0 Å². The summed E-state index contributed by atoms with van der Waals surface area (Å²) in [5, 5.41) is 7.71. The van der Waals surface area contributed by atoms with Crippen LogP contribution in [0.4, 0.5) is 23.0 Å². The molecule has 0 fully saturated rings. The van der Waals surface area contributed by atoms with Gasteiger partial charge in [0.15, 0.2) is 0 Å². The number of hydrogen-bond acceptors (Lipinski definition) is 6. The summed E-state index contributed by atoms with van der Waals surface area (Å²) >= 11 is 0. The highest BCUT2D eigenvalue weighted by Crippen LogP contribution is 2.29. The topological polar surface area (TPSA) is 72.0 Å². The number of anilines is 4. The molecule has 6 nitrogen and oxygen atoms in total. The van der Waals surface area contributed by atoms with Crippen molar-refractivity contribution in [1.29, 1.82) is 0 Å². The Morgan fingerprint density at radius 1 is 0.786 bits per heavy atom. The molecule has 2 N–H and O–H groups in total. The minimum absolute atomic E-state index is 0.0874. The maximum atomic E-state index is 5.86. The summed E-state index contributed by atoms with van der Waals surface area (Å²) in [5.74, 6) is 2.13. The van der Waals surface area contributed by atoms with Crippen molar-refractivity contribution in [3.8, 4) is 5.75 Å². The minimum atomic E-state index is 0.0874. The smallest absolute Gasteiger partial charge is 0.143 e. The number of para-hydroxylation sites is 3. The van der Waals surface area contributed by atoms with Gasteiger partial charge in [-0.15, -0.1) is 0 Å². The van der Waals surface area contributed by atoms with E-state index in [2.05, 4.69) is 25.6 Å². The summed E-state index contributed by atoms with van der Waals surface area (Å²) in [7, 11) is 0. The molecule has 0 aliphatic rings. The van der Waals surface area contributed by atoms with E-state index >= 15 is 0 Å². The number of fused-ring (bicyclic) bond motifs is 1. The van der Waals surface area contributed by atoms with E-state index in [4.69, 9.17) is 4.74 Å². The lowest BCUT2D eigenvalue weighted by Gasteiger charge is -2.15. The van der Waals surface area contributed by atoms with Crippen molar-refractivity contribution in [3.05, 3.63) is 73.2 Å². The third-order valence-electron chi connectivity index (χ3n) is 4.08. The summed E-state index contributed by atoms with van der Waals surface area (Å²) in [6, 6.07) is 19.6. The molecule has 0 saturated carbocycles. The van der Waals surface area contributed by atoms with Gasteiger partial charge in [0.1, 0.15) is 23.7 Å². The Balaban J connectivity index is 1.59. The molecule has 2 aromatic carbocycles. The normalized spacial score (nSPS) is 10.8. The van der Waals surface area contributed by atoms with Crippen molar-refractivity contribution in [2.75, 3.05) is 10.6 Å². The zero-order chi connectivity index (χ0) is 19.3. The van der Waals surface area contributed by atoms with E-state index in [1.807, 2.05) is 74.5 Å². The van der Waals surface area contributed by atoms with Crippen LogP contribution >= 0.6 is 0 Å². The quantitative estimate of drug-likeness (QED) is 0.479. The lowest BCUT2D eigenvalue weighted by atomic mass is 10.2. The van der Waals surface area contributed by atoms with E-state index in [0.29, 0.717) is 11.6 Å².